The summed E-state index contributed by atoms with van der Waals surface area (Å²) in [5, 5.41) is 20.3. The number of nitrogens with one attached hydrogen (secondary N) is 2. The first-order valence-electron chi connectivity index (χ1n) is 11.8. The third kappa shape index (κ3) is 4.29. The molecule has 3 aromatic rings. The van der Waals surface area contributed by atoms with Gasteiger partial charge in [0.15, 0.2) is 11.3 Å². The van der Waals surface area contributed by atoms with Gasteiger partial charge in [-0.15, -0.1) is 0 Å². The van der Waals surface area contributed by atoms with Crippen molar-refractivity contribution in [1.29, 1.82) is 0 Å². The van der Waals surface area contributed by atoms with Crippen molar-refractivity contribution in [1.82, 2.24) is 19.6 Å². The zero-order chi connectivity index (χ0) is 23.9. The number of nitrogens with zero attached hydrogens (tertiary/aromatic N) is 5. The van der Waals surface area contributed by atoms with E-state index >= 15 is 0 Å². The average Bonchev–Trinajstić information content (AvgIpc) is 3.24. The highest BCUT2D eigenvalue weighted by Crippen LogP contribution is 2.40. The van der Waals surface area contributed by atoms with Gasteiger partial charge < -0.3 is 20.6 Å². The maximum atomic E-state index is 13.9. The Balaban J connectivity index is 1.37. The van der Waals surface area contributed by atoms with Crippen LogP contribution in [-0.2, 0) is 11.3 Å². The Morgan fingerprint density at radius 2 is 2.03 bits per heavy atom. The summed E-state index contributed by atoms with van der Waals surface area (Å²) in [6, 6.07) is 7.31. The summed E-state index contributed by atoms with van der Waals surface area (Å²) in [7, 11) is 0. The van der Waals surface area contributed by atoms with Crippen molar-refractivity contribution in [3.8, 4) is 0 Å². The Bertz CT molecular complexity index is 1190. The van der Waals surface area contributed by atoms with Crippen LogP contribution in [0.1, 0.15) is 56.6 Å². The van der Waals surface area contributed by atoms with Crippen molar-refractivity contribution in [3.05, 3.63) is 41.6 Å². The predicted octanol–water partition coefficient (Wildman–Crippen LogP) is 3.26. The number of alkyl halides is 1. The molecular formula is C24H30FN7O2. The largest absolute Gasteiger partial charge is 0.394 e. The third-order valence-electron chi connectivity index (χ3n) is 6.61. The molecule has 2 aromatic heterocycles. The molecule has 1 aromatic carbocycles. The first-order chi connectivity index (χ1) is 16.4. The number of rotatable bonds is 8. The number of aromatic nitrogens is 4. The van der Waals surface area contributed by atoms with Gasteiger partial charge in [0.2, 0.25) is 11.9 Å². The quantitative estimate of drug-likeness (QED) is 0.467. The van der Waals surface area contributed by atoms with Crippen LogP contribution in [0.25, 0.3) is 5.65 Å². The van der Waals surface area contributed by atoms with Gasteiger partial charge in [0.1, 0.15) is 0 Å². The number of hydrogen-bond acceptors (Lipinski definition) is 7. The minimum absolute atomic E-state index is 0.0163. The highest BCUT2D eigenvalue weighted by Gasteiger charge is 2.50. The molecule has 1 aliphatic heterocycles. The minimum atomic E-state index is -1.70. The topological polar surface area (TPSA) is 108 Å². The monoisotopic (exact) mass is 467 g/mol. The molecule has 1 atom stereocenters. The van der Waals surface area contributed by atoms with Gasteiger partial charge in [-0.25, -0.2) is 4.39 Å². The molecule has 5 rings (SSSR count). The summed E-state index contributed by atoms with van der Waals surface area (Å²) in [6.07, 6.45) is 4.31. The molecule has 0 spiro atoms. The maximum absolute atomic E-state index is 13.9. The zero-order valence-corrected chi connectivity index (χ0v) is 19.5. The first kappa shape index (κ1) is 22.5. The summed E-state index contributed by atoms with van der Waals surface area (Å²) < 4.78 is 15.6. The van der Waals surface area contributed by atoms with Crippen LogP contribution in [0, 0.1) is 0 Å². The van der Waals surface area contributed by atoms with E-state index in [9.17, 15) is 14.3 Å². The Morgan fingerprint density at radius 1 is 1.26 bits per heavy atom. The molecule has 1 aliphatic carbocycles. The summed E-state index contributed by atoms with van der Waals surface area (Å²) in [6.45, 7) is 5.56. The second-order valence-electron chi connectivity index (χ2n) is 9.48. The molecule has 0 unspecified atom stereocenters. The van der Waals surface area contributed by atoms with E-state index in [1.807, 2.05) is 18.3 Å². The molecular weight excluding hydrogens is 437 g/mol. The van der Waals surface area contributed by atoms with Crippen LogP contribution in [0.4, 0.5) is 22.0 Å². The van der Waals surface area contributed by atoms with E-state index in [0.717, 1.165) is 36.2 Å². The lowest BCUT2D eigenvalue weighted by atomic mass is 10.1. The molecule has 9 nitrogen and oxygen atoms in total. The third-order valence-corrected chi connectivity index (χ3v) is 6.61. The molecule has 2 fully saturated rings. The molecule has 3 heterocycles. The van der Waals surface area contributed by atoms with Gasteiger partial charge in [0.25, 0.3) is 5.91 Å². The number of amides is 1. The number of aliphatic hydroxyl groups is 1. The van der Waals surface area contributed by atoms with Gasteiger partial charge in [-0.2, -0.15) is 19.6 Å². The molecule has 10 heteroatoms. The fourth-order valence-electron chi connectivity index (χ4n) is 4.29. The highest BCUT2D eigenvalue weighted by molar-refractivity contribution is 5.99. The summed E-state index contributed by atoms with van der Waals surface area (Å²) in [5.74, 6) is 0.840. The van der Waals surface area contributed by atoms with Gasteiger partial charge >= 0.3 is 0 Å². The number of hydrogen-bond donors (Lipinski definition) is 3. The molecule has 0 bridgehead atoms. The number of benzene rings is 1. The number of carbonyl (C=O) groups excluding carboxylic acids is 1. The lowest BCUT2D eigenvalue weighted by Gasteiger charge is -2.23. The van der Waals surface area contributed by atoms with Crippen LogP contribution in [0.15, 0.2) is 30.5 Å². The van der Waals surface area contributed by atoms with E-state index in [4.69, 9.17) is 9.97 Å². The number of halogens is 1. The van der Waals surface area contributed by atoms with Crippen LogP contribution in [0.2, 0.25) is 0 Å². The molecule has 1 amide bonds. The molecule has 34 heavy (non-hydrogen) atoms. The minimum Gasteiger partial charge on any atom is -0.394 e. The van der Waals surface area contributed by atoms with Crippen LogP contribution in [0.5, 0.6) is 0 Å². The zero-order valence-electron chi connectivity index (χ0n) is 19.5. The predicted molar refractivity (Wildman–Crippen MR) is 128 cm³/mol. The molecule has 2 aliphatic rings. The molecule has 3 N–H and O–H groups in total. The smallest absolute Gasteiger partial charge is 0.262 e. The molecule has 180 valence electrons. The highest BCUT2D eigenvalue weighted by atomic mass is 19.1. The van der Waals surface area contributed by atoms with E-state index < -0.39 is 11.6 Å². The van der Waals surface area contributed by atoms with E-state index in [-0.39, 0.29) is 18.6 Å². The van der Waals surface area contributed by atoms with Gasteiger partial charge in [-0.05, 0) is 49.3 Å². The van der Waals surface area contributed by atoms with E-state index in [1.54, 1.807) is 16.6 Å². The van der Waals surface area contributed by atoms with Crippen molar-refractivity contribution in [2.75, 3.05) is 28.7 Å². The lowest BCUT2D eigenvalue weighted by Crippen LogP contribution is -2.34. The fraction of sp³-hybridized carbons (Fsp3) is 0.500. The second kappa shape index (κ2) is 8.83. The molecule has 1 saturated carbocycles. The number of anilines is 3. The van der Waals surface area contributed by atoms with E-state index in [2.05, 4.69) is 34.5 Å². The normalized spacial score (nSPS) is 19.1. The maximum Gasteiger partial charge on any atom is 0.262 e. The summed E-state index contributed by atoms with van der Waals surface area (Å²) in [5.41, 5.74) is 1.64. The summed E-state index contributed by atoms with van der Waals surface area (Å²) >= 11 is 0. The van der Waals surface area contributed by atoms with Crippen molar-refractivity contribution in [3.63, 3.8) is 0 Å². The van der Waals surface area contributed by atoms with Crippen LogP contribution in [-0.4, -0.2) is 55.5 Å². The van der Waals surface area contributed by atoms with Crippen molar-refractivity contribution < 1.29 is 14.3 Å². The van der Waals surface area contributed by atoms with Crippen molar-refractivity contribution in [2.45, 2.75) is 63.7 Å². The number of carbonyl (C=O) groups is 1. The number of fused-ring (bicyclic) bond motifs is 1. The Kier molecular flexibility index (Phi) is 5.85. The van der Waals surface area contributed by atoms with Crippen LogP contribution >= 0.6 is 0 Å². The first-order valence-corrected chi connectivity index (χ1v) is 11.8. The van der Waals surface area contributed by atoms with Gasteiger partial charge in [-0.3, -0.25) is 4.79 Å². The Hall–Kier alpha value is -3.27. The Labute approximate surface area is 197 Å². The van der Waals surface area contributed by atoms with Crippen LogP contribution in [0.3, 0.4) is 0 Å². The molecule has 1 saturated heterocycles. The lowest BCUT2D eigenvalue weighted by molar-refractivity contribution is -0.122. The average molecular weight is 468 g/mol. The fourth-order valence-corrected chi connectivity index (χ4v) is 4.29. The van der Waals surface area contributed by atoms with E-state index in [0.29, 0.717) is 37.0 Å². The van der Waals surface area contributed by atoms with Crippen LogP contribution < -0.4 is 15.5 Å². The Morgan fingerprint density at radius 3 is 2.71 bits per heavy atom. The molecule has 0 radical (unpaired) electrons. The van der Waals surface area contributed by atoms with Crippen molar-refractivity contribution in [2.24, 2.45) is 0 Å². The van der Waals surface area contributed by atoms with E-state index in [1.165, 1.54) is 0 Å². The second-order valence-corrected chi connectivity index (χ2v) is 9.48. The van der Waals surface area contributed by atoms with Gasteiger partial charge in [-0.1, -0.05) is 26.0 Å². The van der Waals surface area contributed by atoms with Gasteiger partial charge in [0.05, 0.1) is 18.8 Å². The SMILES string of the molecule is CC(C)c1cnn2c(NCc3ccc(NC(=O)C4(F)CC4)cc3)nc(N3CCC[C@@H]3CO)nc12. The van der Waals surface area contributed by atoms with Gasteiger partial charge in [0, 0.05) is 24.3 Å². The number of aliphatic hydroxyl groups excluding tert-OH is 1. The standard InChI is InChI=1S/C24H30FN7O2/c1-15(2)19-13-27-32-20(19)29-23(31-11-3-4-18(31)14-33)30-22(32)26-12-16-5-7-17(8-6-16)28-21(34)24(25)9-10-24/h5-8,13,15,18,33H,3-4,9-12,14H2,1-2H3,(H,28,34)(H,26,29,30)/t18-/m1/s1. The summed E-state index contributed by atoms with van der Waals surface area (Å²) in [4.78, 5) is 23.5. The van der Waals surface area contributed by atoms with Crippen molar-refractivity contribution >= 4 is 29.1 Å².